The van der Waals surface area contributed by atoms with Crippen LogP contribution in [-0.4, -0.2) is 12.5 Å². The molecule has 0 bridgehead atoms. The molecule has 0 aliphatic rings. The second-order valence-electron chi connectivity index (χ2n) is 2.39. The maximum Gasteiger partial charge on any atom is 0.427 e. The fourth-order valence-electron chi connectivity index (χ4n) is 0.868. The van der Waals surface area contributed by atoms with Crippen molar-refractivity contribution in [2.45, 2.75) is 0 Å². The van der Waals surface area contributed by atoms with Gasteiger partial charge in [0.05, 0.1) is 0 Å². The molecule has 1 aromatic carbocycles. The van der Waals surface area contributed by atoms with Gasteiger partial charge in [-0.05, 0) is 5.19 Å². The Morgan fingerprint density at radius 3 is 2.08 bits per heavy atom. The second kappa shape index (κ2) is 4.92. The van der Waals surface area contributed by atoms with E-state index in [9.17, 15) is 0 Å². The minimum Gasteiger partial charge on any atom is -0.323 e. The molecule has 0 aliphatic carbocycles. The van der Waals surface area contributed by atoms with Gasteiger partial charge in [0.1, 0.15) is 0 Å². The van der Waals surface area contributed by atoms with E-state index in [0.29, 0.717) is 0 Å². The molecule has 0 aliphatic heterocycles. The molecule has 13 heavy (non-hydrogen) atoms. The van der Waals surface area contributed by atoms with Gasteiger partial charge in [-0.2, -0.15) is 0 Å². The lowest BCUT2D eigenvalue weighted by Gasteiger charge is -2.17. The van der Waals surface area contributed by atoms with Gasteiger partial charge in [-0.15, -0.1) is 45.1 Å². The van der Waals surface area contributed by atoms with Crippen molar-refractivity contribution in [1.29, 1.82) is 0 Å². The summed E-state index contributed by atoms with van der Waals surface area (Å²) in [6.45, 7) is -2.71. The van der Waals surface area contributed by atoms with Crippen LogP contribution < -0.4 is 10.1 Å². The number of benzene rings is 1. The molecule has 0 saturated carbocycles. The van der Waals surface area contributed by atoms with Gasteiger partial charge in [0, 0.05) is 0 Å². The number of hydrogen-bond acceptors (Lipinski definition) is 1. The monoisotopic (exact) mass is 271 g/mol. The van der Waals surface area contributed by atoms with E-state index < -0.39 is 12.5 Å². The molecule has 0 fully saturated rings. The lowest BCUT2D eigenvalue weighted by atomic mass is 10.4. The van der Waals surface area contributed by atoms with Crippen LogP contribution >= 0.6 is 45.1 Å². The smallest absolute Gasteiger partial charge is 0.323 e. The summed E-state index contributed by atoms with van der Waals surface area (Å²) in [5.74, 6) is 0. The van der Waals surface area contributed by atoms with Crippen LogP contribution in [0.2, 0.25) is 0 Å². The molecule has 0 radical (unpaired) electrons. The first kappa shape index (κ1) is 11.7. The standard InChI is InChI=1S/C6H6BCl4NSi/c8-7(9)12-13(10,11)6-4-2-1-3-5-6/h1-5,12H. The molecule has 0 aromatic heterocycles. The van der Waals surface area contributed by atoms with Gasteiger partial charge in [-0.3, -0.25) is 0 Å². The van der Waals surface area contributed by atoms with Crippen molar-refractivity contribution in [1.82, 2.24) is 4.89 Å². The molecule has 1 N–H and O–H groups in total. The molecule has 0 atom stereocenters. The van der Waals surface area contributed by atoms with Crippen LogP contribution in [0.4, 0.5) is 0 Å². The van der Waals surface area contributed by atoms with Crippen LogP contribution in [0, 0.1) is 0 Å². The maximum absolute atomic E-state index is 6.08. The minimum absolute atomic E-state index is 0.748. The molecule has 0 amide bonds. The summed E-state index contributed by atoms with van der Waals surface area (Å²) >= 11 is 23.2. The highest BCUT2D eigenvalue weighted by atomic mass is 35.7. The van der Waals surface area contributed by atoms with Gasteiger partial charge < -0.3 is 4.89 Å². The lowest BCUT2D eigenvalue weighted by molar-refractivity contribution is 1.57. The molecular weight excluding hydrogens is 267 g/mol. The number of hydrogen-bond donors (Lipinski definition) is 1. The predicted octanol–water partition coefficient (Wildman–Crippen LogP) is 2.36. The summed E-state index contributed by atoms with van der Waals surface area (Å²) < 4.78 is 0. The summed E-state index contributed by atoms with van der Waals surface area (Å²) in [6.07, 6.45) is 0. The first-order chi connectivity index (χ1) is 6.02. The van der Waals surface area contributed by atoms with E-state index in [0.717, 1.165) is 5.19 Å². The zero-order valence-electron chi connectivity index (χ0n) is 6.48. The molecule has 0 spiro atoms. The van der Waals surface area contributed by atoms with E-state index in [1.807, 2.05) is 30.3 Å². The first-order valence-electron chi connectivity index (χ1n) is 3.51. The highest BCUT2D eigenvalue weighted by molar-refractivity contribution is 7.54. The largest absolute Gasteiger partial charge is 0.427 e. The Morgan fingerprint density at radius 2 is 1.62 bits per heavy atom. The van der Waals surface area contributed by atoms with Crippen LogP contribution in [0.5, 0.6) is 0 Å². The molecule has 0 heterocycles. The Bertz CT molecular complexity index is 269. The van der Waals surface area contributed by atoms with Crippen LogP contribution in [0.3, 0.4) is 0 Å². The average Bonchev–Trinajstić information content (AvgIpc) is 2.04. The average molecular weight is 273 g/mol. The third-order valence-electron chi connectivity index (χ3n) is 1.43. The van der Waals surface area contributed by atoms with E-state index in [-0.39, 0.29) is 0 Å². The molecular formula is C6H6BCl4NSi. The van der Waals surface area contributed by atoms with Gasteiger partial charge >= 0.3 is 12.5 Å². The van der Waals surface area contributed by atoms with Gasteiger partial charge in [-0.25, -0.2) is 0 Å². The Kier molecular flexibility index (Phi) is 4.42. The van der Waals surface area contributed by atoms with E-state index in [1.165, 1.54) is 0 Å². The molecule has 0 saturated heterocycles. The Morgan fingerprint density at radius 1 is 1.08 bits per heavy atom. The number of halogens is 4. The maximum atomic E-state index is 6.08. The third-order valence-corrected chi connectivity index (χ3v) is 5.68. The number of nitrogens with one attached hydrogen (secondary N) is 1. The van der Waals surface area contributed by atoms with Crippen LogP contribution in [-0.2, 0) is 0 Å². The van der Waals surface area contributed by atoms with Gasteiger partial charge in [-0.1, -0.05) is 30.3 Å². The summed E-state index contributed by atoms with van der Waals surface area (Å²) in [6, 6.07) is 9.30. The minimum atomic E-state index is -2.71. The molecule has 70 valence electrons. The molecule has 1 aromatic rings. The summed E-state index contributed by atoms with van der Waals surface area (Å²) in [4.78, 5) is 2.74. The molecule has 7 heteroatoms. The lowest BCUT2D eigenvalue weighted by Crippen LogP contribution is -2.54. The zero-order chi connectivity index (χ0) is 9.90. The predicted molar refractivity (Wildman–Crippen MR) is 64.1 cm³/mol. The summed E-state index contributed by atoms with van der Waals surface area (Å²) in [5, 5.41) is 0.838. The van der Waals surface area contributed by atoms with Crippen molar-refractivity contribution in [3.05, 3.63) is 30.3 Å². The van der Waals surface area contributed by atoms with E-state index in [4.69, 9.17) is 45.1 Å². The van der Waals surface area contributed by atoms with Crippen molar-refractivity contribution < 1.29 is 0 Å². The van der Waals surface area contributed by atoms with E-state index in [1.54, 1.807) is 0 Å². The van der Waals surface area contributed by atoms with Crippen molar-refractivity contribution in [2.75, 3.05) is 0 Å². The molecule has 0 unspecified atom stereocenters. The fraction of sp³-hybridized carbons (Fsp3) is 0. The van der Waals surface area contributed by atoms with Crippen molar-refractivity contribution in [3.63, 3.8) is 0 Å². The van der Waals surface area contributed by atoms with Crippen molar-refractivity contribution in [2.24, 2.45) is 0 Å². The summed E-state index contributed by atoms with van der Waals surface area (Å²) in [7, 11) is 0. The van der Waals surface area contributed by atoms with Gasteiger partial charge in [0.2, 0.25) is 0 Å². The fourth-order valence-corrected chi connectivity index (χ4v) is 4.98. The number of rotatable bonds is 3. The van der Waals surface area contributed by atoms with Crippen LogP contribution in [0.15, 0.2) is 30.3 Å². The third kappa shape index (κ3) is 3.70. The van der Waals surface area contributed by atoms with Gasteiger partial charge in [0.25, 0.3) is 0 Å². The van der Waals surface area contributed by atoms with Crippen LogP contribution in [0.1, 0.15) is 0 Å². The van der Waals surface area contributed by atoms with Crippen molar-refractivity contribution >= 4 is 62.8 Å². The van der Waals surface area contributed by atoms with E-state index in [2.05, 4.69) is 4.89 Å². The van der Waals surface area contributed by atoms with Crippen molar-refractivity contribution in [3.8, 4) is 0 Å². The normalized spacial score (nSPS) is 11.4. The zero-order valence-corrected chi connectivity index (χ0v) is 10.5. The van der Waals surface area contributed by atoms with E-state index >= 15 is 0 Å². The Balaban J connectivity index is 2.81. The van der Waals surface area contributed by atoms with Gasteiger partial charge in [0.15, 0.2) is 0 Å². The summed E-state index contributed by atoms with van der Waals surface area (Å²) in [5.41, 5.74) is -0.748. The second-order valence-corrected chi connectivity index (χ2v) is 9.48. The highest BCUT2D eigenvalue weighted by Gasteiger charge is 2.33. The first-order valence-corrected chi connectivity index (χ1v) is 8.41. The SMILES string of the molecule is ClB(Cl)N[Si](Cl)(Cl)c1ccccc1. The Labute approximate surface area is 97.7 Å². The highest BCUT2D eigenvalue weighted by Crippen LogP contribution is 2.12. The molecule has 1 nitrogen and oxygen atoms in total. The van der Waals surface area contributed by atoms with Crippen LogP contribution in [0.25, 0.3) is 0 Å². The molecule has 1 rings (SSSR count). The topological polar surface area (TPSA) is 12.0 Å². The quantitative estimate of drug-likeness (QED) is 0.658. The Hall–Kier alpha value is 0.622.